The number of rotatable bonds is 7. The highest BCUT2D eigenvalue weighted by molar-refractivity contribution is 7.78. The lowest BCUT2D eigenvalue weighted by atomic mass is 9.81. The van der Waals surface area contributed by atoms with Crippen molar-refractivity contribution in [2.45, 2.75) is 37.8 Å². The van der Waals surface area contributed by atoms with Crippen LogP contribution in [0.2, 0.25) is 5.02 Å². The van der Waals surface area contributed by atoms with Gasteiger partial charge in [-0.15, -0.1) is 0 Å². The first-order valence-electron chi connectivity index (χ1n) is 8.13. The van der Waals surface area contributed by atoms with E-state index in [0.717, 1.165) is 0 Å². The van der Waals surface area contributed by atoms with Gasteiger partial charge in [-0.3, -0.25) is 14.4 Å². The summed E-state index contributed by atoms with van der Waals surface area (Å²) in [6.07, 6.45) is -4.10. The highest BCUT2D eigenvalue weighted by atomic mass is 35.5. The largest absolute Gasteiger partial charge is 0.411 e. The standard InChI is InChI=1S/C17H16ClF3O6S/c18-15-10(16(24)14-12(22)2-1-3-13(14)23)5-4-9(7-28(25)26)11(15)6-27-8-17(19,20)21/h4-5,14H,1-3,6-8H2,(H,25,26). The van der Waals surface area contributed by atoms with Gasteiger partial charge in [0.1, 0.15) is 12.5 Å². The van der Waals surface area contributed by atoms with Crippen molar-refractivity contribution in [2.75, 3.05) is 6.61 Å². The molecule has 0 bridgehead atoms. The zero-order valence-corrected chi connectivity index (χ0v) is 16.0. The van der Waals surface area contributed by atoms with Crippen LogP contribution in [0.5, 0.6) is 0 Å². The molecule has 1 aromatic rings. The van der Waals surface area contributed by atoms with E-state index < -0.39 is 59.5 Å². The lowest BCUT2D eigenvalue weighted by molar-refractivity contribution is -0.176. The van der Waals surface area contributed by atoms with Gasteiger partial charge in [0.25, 0.3) is 0 Å². The number of carbonyl (C=O) groups is 3. The van der Waals surface area contributed by atoms with Crippen LogP contribution in [-0.4, -0.2) is 38.9 Å². The molecule has 1 unspecified atom stereocenters. The number of ketones is 3. The Hall–Kier alpha value is -1.62. The molecule has 0 aromatic heterocycles. The van der Waals surface area contributed by atoms with Crippen molar-refractivity contribution in [2.24, 2.45) is 5.92 Å². The second-order valence-corrected chi connectivity index (χ2v) is 7.53. The van der Waals surface area contributed by atoms with E-state index in [4.69, 9.17) is 16.2 Å². The predicted molar refractivity (Wildman–Crippen MR) is 93.3 cm³/mol. The molecule has 1 fully saturated rings. The first-order valence-corrected chi connectivity index (χ1v) is 9.78. The Morgan fingerprint density at radius 3 is 2.39 bits per heavy atom. The molecule has 0 amide bonds. The van der Waals surface area contributed by atoms with Gasteiger partial charge >= 0.3 is 6.18 Å². The Labute approximate surface area is 165 Å². The van der Waals surface area contributed by atoms with E-state index in [1.165, 1.54) is 12.1 Å². The van der Waals surface area contributed by atoms with E-state index in [9.17, 15) is 31.8 Å². The smallest absolute Gasteiger partial charge is 0.367 e. The lowest BCUT2D eigenvalue weighted by Crippen LogP contribution is -2.35. The van der Waals surface area contributed by atoms with Gasteiger partial charge in [0, 0.05) is 24.0 Å². The Morgan fingerprint density at radius 1 is 1.25 bits per heavy atom. The van der Waals surface area contributed by atoms with E-state index >= 15 is 0 Å². The Morgan fingerprint density at radius 2 is 1.86 bits per heavy atom. The van der Waals surface area contributed by atoms with Gasteiger partial charge < -0.3 is 9.29 Å². The van der Waals surface area contributed by atoms with Gasteiger partial charge in [0.05, 0.1) is 17.4 Å². The van der Waals surface area contributed by atoms with Gasteiger partial charge in [0.2, 0.25) is 0 Å². The monoisotopic (exact) mass is 440 g/mol. The van der Waals surface area contributed by atoms with Crippen LogP contribution in [0.3, 0.4) is 0 Å². The van der Waals surface area contributed by atoms with Gasteiger partial charge in [-0.2, -0.15) is 13.2 Å². The molecular formula is C17H16ClF3O6S. The van der Waals surface area contributed by atoms with Crippen molar-refractivity contribution >= 4 is 40.0 Å². The van der Waals surface area contributed by atoms with Crippen molar-refractivity contribution in [1.29, 1.82) is 0 Å². The Balaban J connectivity index is 2.38. The van der Waals surface area contributed by atoms with Crippen LogP contribution >= 0.6 is 11.6 Å². The summed E-state index contributed by atoms with van der Waals surface area (Å²) in [7, 11) is 0. The zero-order valence-electron chi connectivity index (χ0n) is 14.4. The molecular weight excluding hydrogens is 425 g/mol. The van der Waals surface area contributed by atoms with Crippen LogP contribution in [0.4, 0.5) is 13.2 Å². The summed E-state index contributed by atoms with van der Waals surface area (Å²) in [6.45, 7) is -2.25. The van der Waals surface area contributed by atoms with Crippen LogP contribution in [0, 0.1) is 5.92 Å². The minimum absolute atomic E-state index is 0.0723. The molecule has 0 radical (unpaired) electrons. The van der Waals surface area contributed by atoms with Crippen LogP contribution in [-0.2, 0) is 37.8 Å². The lowest BCUT2D eigenvalue weighted by Gasteiger charge is -2.20. The maximum Gasteiger partial charge on any atom is 0.411 e. The predicted octanol–water partition coefficient (Wildman–Crippen LogP) is 3.26. The first kappa shape index (κ1) is 22.7. The minimum Gasteiger partial charge on any atom is -0.367 e. The number of alkyl halides is 3. The molecule has 1 saturated carbocycles. The summed E-state index contributed by atoms with van der Waals surface area (Å²) >= 11 is 3.85. The van der Waals surface area contributed by atoms with Crippen LogP contribution in [0.1, 0.15) is 40.7 Å². The molecule has 0 spiro atoms. The molecule has 11 heteroatoms. The normalized spacial score (nSPS) is 17.0. The minimum atomic E-state index is -4.60. The molecule has 6 nitrogen and oxygen atoms in total. The molecule has 154 valence electrons. The average Bonchev–Trinajstić information content (AvgIpc) is 2.55. The van der Waals surface area contributed by atoms with Gasteiger partial charge in [-0.25, -0.2) is 4.21 Å². The van der Waals surface area contributed by atoms with Crippen molar-refractivity contribution in [3.8, 4) is 0 Å². The molecule has 1 atom stereocenters. The topological polar surface area (TPSA) is 97.7 Å². The molecule has 28 heavy (non-hydrogen) atoms. The second-order valence-electron chi connectivity index (χ2n) is 6.22. The number of ether oxygens (including phenoxy) is 1. The molecule has 0 aliphatic heterocycles. The van der Waals surface area contributed by atoms with E-state index in [-0.39, 0.29) is 34.6 Å². The summed E-state index contributed by atoms with van der Waals surface area (Å²) < 4.78 is 61.8. The summed E-state index contributed by atoms with van der Waals surface area (Å²) in [6, 6.07) is 2.44. The van der Waals surface area contributed by atoms with E-state index in [0.29, 0.717) is 6.42 Å². The third-order valence-corrected chi connectivity index (χ3v) is 5.14. The molecule has 0 heterocycles. The van der Waals surface area contributed by atoms with Gasteiger partial charge in [-0.1, -0.05) is 17.7 Å². The second kappa shape index (κ2) is 9.25. The van der Waals surface area contributed by atoms with Crippen molar-refractivity contribution < 1.29 is 41.1 Å². The number of benzene rings is 1. The molecule has 2 rings (SSSR count). The van der Waals surface area contributed by atoms with Crippen molar-refractivity contribution in [3.63, 3.8) is 0 Å². The number of hydrogen-bond acceptors (Lipinski definition) is 5. The molecule has 0 saturated heterocycles. The number of halogens is 4. The molecule has 1 N–H and O–H groups in total. The fourth-order valence-electron chi connectivity index (χ4n) is 2.90. The fraction of sp³-hybridized carbons (Fsp3) is 0.471. The summed E-state index contributed by atoms with van der Waals surface area (Å²) in [5.74, 6) is -3.85. The number of hydrogen-bond donors (Lipinski definition) is 1. The SMILES string of the molecule is O=C1CCCC(=O)C1C(=O)c1ccc(CS(=O)O)c(COCC(F)(F)F)c1Cl. The van der Waals surface area contributed by atoms with Gasteiger partial charge in [-0.05, 0) is 18.1 Å². The van der Waals surface area contributed by atoms with Crippen LogP contribution in [0.15, 0.2) is 12.1 Å². The van der Waals surface area contributed by atoms with Crippen molar-refractivity contribution in [3.05, 3.63) is 33.8 Å². The maximum atomic E-state index is 12.7. The zero-order chi connectivity index (χ0) is 21.1. The molecule has 1 aliphatic rings. The third kappa shape index (κ3) is 5.69. The summed E-state index contributed by atoms with van der Waals surface area (Å²) in [4.78, 5) is 36.7. The Bertz CT molecular complexity index is 808. The summed E-state index contributed by atoms with van der Waals surface area (Å²) in [5, 5.41) is -0.304. The Kier molecular flexibility index (Phi) is 7.49. The third-order valence-electron chi connectivity index (χ3n) is 4.15. The number of carbonyl (C=O) groups excluding carboxylic acids is 3. The summed E-state index contributed by atoms with van der Waals surface area (Å²) in [5.41, 5.74) is -0.172. The number of Topliss-reactive ketones (excluding diaryl/α,β-unsaturated/α-hetero) is 3. The maximum absolute atomic E-state index is 12.7. The molecule has 1 aliphatic carbocycles. The quantitative estimate of drug-likeness (QED) is 0.397. The van der Waals surface area contributed by atoms with E-state index in [2.05, 4.69) is 4.74 Å². The van der Waals surface area contributed by atoms with E-state index in [1.54, 1.807) is 0 Å². The fourth-order valence-corrected chi connectivity index (χ4v) is 3.77. The average molecular weight is 441 g/mol. The molecule has 1 aromatic carbocycles. The van der Waals surface area contributed by atoms with Crippen LogP contribution in [0.25, 0.3) is 0 Å². The first-order chi connectivity index (χ1) is 13.0. The van der Waals surface area contributed by atoms with Crippen LogP contribution < -0.4 is 0 Å². The highest BCUT2D eigenvalue weighted by Gasteiger charge is 2.37. The van der Waals surface area contributed by atoms with E-state index in [1.807, 2.05) is 0 Å². The van der Waals surface area contributed by atoms with Gasteiger partial charge in [0.15, 0.2) is 28.4 Å². The van der Waals surface area contributed by atoms with Crippen molar-refractivity contribution in [1.82, 2.24) is 0 Å². The highest BCUT2D eigenvalue weighted by Crippen LogP contribution is 2.31.